The lowest BCUT2D eigenvalue weighted by Gasteiger charge is -2.26. The first-order valence-corrected chi connectivity index (χ1v) is 10.9. The predicted molar refractivity (Wildman–Crippen MR) is 120 cm³/mol. The van der Waals surface area contributed by atoms with Crippen LogP contribution in [0, 0.1) is 18.8 Å². The van der Waals surface area contributed by atoms with E-state index in [4.69, 9.17) is 9.47 Å². The summed E-state index contributed by atoms with van der Waals surface area (Å²) in [5, 5.41) is 0. The summed E-state index contributed by atoms with van der Waals surface area (Å²) < 4.78 is 13.4. The third-order valence-electron chi connectivity index (χ3n) is 4.62. The summed E-state index contributed by atoms with van der Waals surface area (Å²) in [7, 11) is 1.67. The predicted octanol–water partition coefficient (Wildman–Crippen LogP) is 4.89. The lowest BCUT2D eigenvalue weighted by atomic mass is 10.1. The summed E-state index contributed by atoms with van der Waals surface area (Å²) in [4.78, 5) is 4.41. The molecule has 0 amide bonds. The highest BCUT2D eigenvalue weighted by atomic mass is 32.2. The standard InChI is InChI=1S/C24H28N2O2S/c1-20-6-3-8-22(25-20)9-4-7-21-14-16-26(17-15-21)29-19-5-18-28-24-12-10-23(27-2)11-13-24/h3,6-8,10-13H,5,14-19H2,1-2H3. The largest absolute Gasteiger partial charge is 0.497 e. The summed E-state index contributed by atoms with van der Waals surface area (Å²) >= 11 is 1.92. The Kier molecular flexibility index (Phi) is 8.48. The highest BCUT2D eigenvalue weighted by molar-refractivity contribution is 7.97. The number of pyridine rings is 1. The molecule has 2 heterocycles. The van der Waals surface area contributed by atoms with E-state index in [1.165, 1.54) is 5.57 Å². The number of ether oxygens (including phenoxy) is 2. The van der Waals surface area contributed by atoms with Crippen LogP contribution in [0.1, 0.15) is 30.7 Å². The Bertz CT molecular complexity index is 858. The molecular formula is C24H28N2O2S. The fourth-order valence-corrected chi connectivity index (χ4v) is 3.93. The first-order chi connectivity index (χ1) is 14.2. The van der Waals surface area contributed by atoms with Gasteiger partial charge in [-0.1, -0.05) is 29.5 Å². The smallest absolute Gasteiger partial charge is 0.119 e. The van der Waals surface area contributed by atoms with Gasteiger partial charge >= 0.3 is 0 Å². The molecule has 0 unspecified atom stereocenters. The molecular weight excluding hydrogens is 380 g/mol. The van der Waals surface area contributed by atoms with Crippen LogP contribution in [0.25, 0.3) is 0 Å². The number of nitrogens with zero attached hydrogens (tertiary/aromatic N) is 2. The number of piperidine rings is 1. The molecule has 152 valence electrons. The SMILES string of the molecule is COc1ccc(OCCCSN2CCC(=CC#Cc3cccc(C)n3)CC2)cc1. The van der Waals surface area contributed by atoms with E-state index >= 15 is 0 Å². The minimum atomic E-state index is 0.737. The minimum absolute atomic E-state index is 0.737. The van der Waals surface area contributed by atoms with Crippen LogP contribution < -0.4 is 9.47 Å². The number of aryl methyl sites for hydroxylation is 1. The van der Waals surface area contributed by atoms with Crippen molar-refractivity contribution < 1.29 is 9.47 Å². The van der Waals surface area contributed by atoms with Crippen molar-refractivity contribution in [2.24, 2.45) is 0 Å². The second kappa shape index (κ2) is 11.5. The zero-order valence-corrected chi connectivity index (χ0v) is 18.0. The molecule has 0 aliphatic carbocycles. The fourth-order valence-electron chi connectivity index (χ4n) is 2.99. The van der Waals surface area contributed by atoms with Crippen LogP contribution in [-0.4, -0.2) is 41.8 Å². The van der Waals surface area contributed by atoms with E-state index < -0.39 is 0 Å². The normalized spacial score (nSPS) is 14.1. The van der Waals surface area contributed by atoms with Gasteiger partial charge in [0.15, 0.2) is 0 Å². The van der Waals surface area contributed by atoms with Crippen LogP contribution >= 0.6 is 11.9 Å². The van der Waals surface area contributed by atoms with Crippen LogP contribution in [0.5, 0.6) is 11.5 Å². The van der Waals surface area contributed by atoms with Crippen LogP contribution in [0.15, 0.2) is 54.1 Å². The van der Waals surface area contributed by atoms with Gasteiger partial charge < -0.3 is 9.47 Å². The average Bonchev–Trinajstić information content (AvgIpc) is 2.75. The number of allylic oxidation sites excluding steroid dienone is 1. The van der Waals surface area contributed by atoms with Crippen molar-refractivity contribution in [2.45, 2.75) is 26.2 Å². The molecule has 4 nitrogen and oxygen atoms in total. The fraction of sp³-hybridized carbons (Fsp3) is 0.375. The van der Waals surface area contributed by atoms with Crippen molar-refractivity contribution in [3.05, 3.63) is 65.5 Å². The number of benzene rings is 1. The minimum Gasteiger partial charge on any atom is -0.497 e. The molecule has 1 aromatic heterocycles. The first-order valence-electron chi connectivity index (χ1n) is 10.0. The number of methoxy groups -OCH3 is 1. The molecule has 1 saturated heterocycles. The van der Waals surface area contributed by atoms with E-state index in [1.807, 2.05) is 61.3 Å². The molecule has 2 aromatic rings. The zero-order chi connectivity index (χ0) is 20.3. The van der Waals surface area contributed by atoms with Crippen molar-refractivity contribution in [1.82, 2.24) is 9.29 Å². The highest BCUT2D eigenvalue weighted by Crippen LogP contribution is 2.23. The van der Waals surface area contributed by atoms with Crippen LogP contribution in [0.2, 0.25) is 0 Å². The van der Waals surface area contributed by atoms with E-state index in [9.17, 15) is 0 Å². The third kappa shape index (κ3) is 7.49. The number of hydrogen-bond acceptors (Lipinski definition) is 5. The molecule has 0 spiro atoms. The summed E-state index contributed by atoms with van der Waals surface area (Å²) in [6.07, 6.45) is 5.29. The Morgan fingerprint density at radius 2 is 1.86 bits per heavy atom. The Hall–Kier alpha value is -2.42. The number of aromatic nitrogens is 1. The molecule has 0 bridgehead atoms. The van der Waals surface area contributed by atoms with Gasteiger partial charge in [0.2, 0.25) is 0 Å². The van der Waals surface area contributed by atoms with Gasteiger partial charge in [-0.2, -0.15) is 0 Å². The van der Waals surface area contributed by atoms with Crippen molar-refractivity contribution in [2.75, 3.05) is 32.6 Å². The van der Waals surface area contributed by atoms with Gasteiger partial charge in [0.05, 0.1) is 13.7 Å². The second-order valence-corrected chi connectivity index (χ2v) is 8.06. The summed E-state index contributed by atoms with van der Waals surface area (Å²) in [5.74, 6) is 9.13. The lowest BCUT2D eigenvalue weighted by molar-refractivity contribution is 0.317. The molecule has 1 aliphatic heterocycles. The van der Waals surface area contributed by atoms with E-state index in [0.717, 1.165) is 67.6 Å². The number of rotatable bonds is 7. The molecule has 1 aromatic carbocycles. The summed E-state index contributed by atoms with van der Waals surface area (Å²) in [5.41, 5.74) is 3.28. The maximum Gasteiger partial charge on any atom is 0.119 e. The molecule has 1 fully saturated rings. The topological polar surface area (TPSA) is 34.6 Å². The van der Waals surface area contributed by atoms with Crippen molar-refractivity contribution in [3.8, 4) is 23.3 Å². The van der Waals surface area contributed by atoms with Crippen LogP contribution in [0.4, 0.5) is 0 Å². The lowest BCUT2D eigenvalue weighted by Crippen LogP contribution is -2.25. The summed E-state index contributed by atoms with van der Waals surface area (Å²) in [6, 6.07) is 13.7. The Labute approximate surface area is 178 Å². The van der Waals surface area contributed by atoms with E-state index in [0.29, 0.717) is 0 Å². The van der Waals surface area contributed by atoms with E-state index in [1.54, 1.807) is 7.11 Å². The van der Waals surface area contributed by atoms with Gasteiger partial charge in [0.1, 0.15) is 17.2 Å². The van der Waals surface area contributed by atoms with E-state index in [2.05, 4.69) is 27.2 Å². The van der Waals surface area contributed by atoms with Gasteiger partial charge in [0, 0.05) is 24.5 Å². The molecule has 0 N–H and O–H groups in total. The molecule has 0 saturated carbocycles. The maximum absolute atomic E-state index is 5.78. The van der Waals surface area contributed by atoms with Crippen LogP contribution in [0.3, 0.4) is 0 Å². The first kappa shape index (κ1) is 21.3. The summed E-state index contributed by atoms with van der Waals surface area (Å²) in [6.45, 7) is 4.89. The maximum atomic E-state index is 5.78. The molecule has 29 heavy (non-hydrogen) atoms. The molecule has 1 aliphatic rings. The monoisotopic (exact) mass is 408 g/mol. The quantitative estimate of drug-likeness (QED) is 0.370. The van der Waals surface area contributed by atoms with Gasteiger partial charge in [-0.15, -0.1) is 0 Å². The van der Waals surface area contributed by atoms with E-state index in [-0.39, 0.29) is 0 Å². The van der Waals surface area contributed by atoms with Crippen molar-refractivity contribution in [3.63, 3.8) is 0 Å². The Morgan fingerprint density at radius 1 is 1.10 bits per heavy atom. The molecule has 0 radical (unpaired) electrons. The molecule has 5 heteroatoms. The highest BCUT2D eigenvalue weighted by Gasteiger charge is 2.13. The molecule has 0 atom stereocenters. The van der Waals surface area contributed by atoms with Gasteiger partial charge in [0.25, 0.3) is 0 Å². The van der Waals surface area contributed by atoms with Gasteiger partial charge in [-0.25, -0.2) is 9.29 Å². The van der Waals surface area contributed by atoms with Crippen molar-refractivity contribution in [1.29, 1.82) is 0 Å². The second-order valence-electron chi connectivity index (χ2n) is 6.88. The Balaban J connectivity index is 1.30. The van der Waals surface area contributed by atoms with Crippen LogP contribution in [-0.2, 0) is 0 Å². The number of hydrogen-bond donors (Lipinski definition) is 0. The Morgan fingerprint density at radius 3 is 2.59 bits per heavy atom. The van der Waals surface area contributed by atoms with Gasteiger partial charge in [-0.05, 0) is 74.6 Å². The molecule has 3 rings (SSSR count). The van der Waals surface area contributed by atoms with Crippen molar-refractivity contribution >= 4 is 11.9 Å². The van der Waals surface area contributed by atoms with Gasteiger partial charge in [-0.3, -0.25) is 0 Å². The third-order valence-corrected chi connectivity index (χ3v) is 5.82. The zero-order valence-electron chi connectivity index (χ0n) is 17.2. The average molecular weight is 409 g/mol.